The molecule has 3 unspecified atom stereocenters. The molecular formula is C8H12O5. The smallest absolute Gasteiger partial charge is 0.336 e. The molecule has 0 bridgehead atoms. The molecule has 0 aromatic rings. The summed E-state index contributed by atoms with van der Waals surface area (Å²) in [6, 6.07) is 0. The summed E-state index contributed by atoms with van der Waals surface area (Å²) in [5.74, 6) is -1.57. The first kappa shape index (κ1) is 9.98. The second kappa shape index (κ2) is 3.74. The third-order valence-corrected chi connectivity index (χ3v) is 1.84. The number of carboxylic acid groups (broad SMARTS) is 1. The molecule has 5 heteroatoms. The van der Waals surface area contributed by atoms with Crippen LogP contribution in [0.25, 0.3) is 0 Å². The number of carbonyl (C=O) groups excluding carboxylic acids is 1. The maximum atomic E-state index is 10.6. The lowest BCUT2D eigenvalue weighted by Crippen LogP contribution is -2.33. The van der Waals surface area contributed by atoms with Gasteiger partial charge in [-0.1, -0.05) is 0 Å². The summed E-state index contributed by atoms with van der Waals surface area (Å²) >= 11 is 0. The molecule has 74 valence electrons. The molecule has 1 rings (SSSR count). The van der Waals surface area contributed by atoms with Crippen molar-refractivity contribution in [2.75, 3.05) is 0 Å². The number of esters is 1. The third-order valence-electron chi connectivity index (χ3n) is 1.84. The second-order valence-electron chi connectivity index (χ2n) is 3.09. The summed E-state index contributed by atoms with van der Waals surface area (Å²) in [6.07, 6.45) is -1.40. The van der Waals surface area contributed by atoms with Crippen molar-refractivity contribution in [1.82, 2.24) is 0 Å². The standard InChI is InChI=1S/C8H12O5/c1-4-3-6(13-5(2)9)7(12-4)8(10)11/h4,6-7H,3H2,1-2H3,(H,10,11). The molecule has 0 spiro atoms. The van der Waals surface area contributed by atoms with Gasteiger partial charge in [-0.15, -0.1) is 0 Å². The number of rotatable bonds is 2. The van der Waals surface area contributed by atoms with E-state index in [1.54, 1.807) is 6.92 Å². The molecule has 1 saturated heterocycles. The summed E-state index contributed by atoms with van der Waals surface area (Å²) in [7, 11) is 0. The molecule has 0 amide bonds. The summed E-state index contributed by atoms with van der Waals surface area (Å²) < 4.78 is 9.87. The van der Waals surface area contributed by atoms with Gasteiger partial charge >= 0.3 is 11.9 Å². The Morgan fingerprint density at radius 3 is 2.62 bits per heavy atom. The van der Waals surface area contributed by atoms with Gasteiger partial charge in [0.2, 0.25) is 0 Å². The SMILES string of the molecule is CC(=O)OC1CC(C)OC1C(=O)O. The average Bonchev–Trinajstić information content (AvgIpc) is 2.29. The van der Waals surface area contributed by atoms with Crippen LogP contribution in [-0.2, 0) is 19.1 Å². The van der Waals surface area contributed by atoms with E-state index in [1.165, 1.54) is 6.92 Å². The topological polar surface area (TPSA) is 72.8 Å². The summed E-state index contributed by atoms with van der Waals surface area (Å²) in [6.45, 7) is 3.00. The van der Waals surface area contributed by atoms with Crippen molar-refractivity contribution in [2.45, 2.75) is 38.6 Å². The van der Waals surface area contributed by atoms with Gasteiger partial charge in [0.25, 0.3) is 0 Å². The van der Waals surface area contributed by atoms with E-state index in [0.29, 0.717) is 6.42 Å². The van der Waals surface area contributed by atoms with Crippen molar-refractivity contribution in [3.8, 4) is 0 Å². The Bertz CT molecular complexity index is 225. The Hall–Kier alpha value is -1.10. The maximum absolute atomic E-state index is 10.6. The van der Waals surface area contributed by atoms with Gasteiger partial charge in [0.15, 0.2) is 6.10 Å². The predicted octanol–water partition coefficient (Wildman–Crippen LogP) is 0.180. The third kappa shape index (κ3) is 2.42. The van der Waals surface area contributed by atoms with Gasteiger partial charge in [-0.3, -0.25) is 4.79 Å². The number of ether oxygens (including phenoxy) is 2. The van der Waals surface area contributed by atoms with Crippen LogP contribution in [0.3, 0.4) is 0 Å². The van der Waals surface area contributed by atoms with Crippen molar-refractivity contribution in [1.29, 1.82) is 0 Å². The van der Waals surface area contributed by atoms with Crippen molar-refractivity contribution in [3.63, 3.8) is 0 Å². The summed E-state index contributed by atoms with van der Waals surface area (Å²) in [5.41, 5.74) is 0. The van der Waals surface area contributed by atoms with Gasteiger partial charge in [0.1, 0.15) is 6.10 Å². The monoisotopic (exact) mass is 188 g/mol. The molecule has 13 heavy (non-hydrogen) atoms. The van der Waals surface area contributed by atoms with E-state index < -0.39 is 24.1 Å². The summed E-state index contributed by atoms with van der Waals surface area (Å²) in [4.78, 5) is 21.2. The molecule has 1 N–H and O–H groups in total. The lowest BCUT2D eigenvalue weighted by Gasteiger charge is -2.13. The number of hydrogen-bond donors (Lipinski definition) is 1. The molecular weight excluding hydrogens is 176 g/mol. The zero-order valence-electron chi connectivity index (χ0n) is 7.52. The normalized spacial score (nSPS) is 32.9. The number of hydrogen-bond acceptors (Lipinski definition) is 4. The highest BCUT2D eigenvalue weighted by Crippen LogP contribution is 2.23. The molecule has 5 nitrogen and oxygen atoms in total. The van der Waals surface area contributed by atoms with Crippen LogP contribution in [0.5, 0.6) is 0 Å². The molecule has 0 aromatic heterocycles. The lowest BCUT2D eigenvalue weighted by atomic mass is 10.1. The fraction of sp³-hybridized carbons (Fsp3) is 0.750. The first-order chi connectivity index (χ1) is 6.00. The second-order valence-corrected chi connectivity index (χ2v) is 3.09. The van der Waals surface area contributed by atoms with Crippen molar-refractivity contribution in [3.05, 3.63) is 0 Å². The van der Waals surface area contributed by atoms with Gasteiger partial charge in [0, 0.05) is 13.3 Å². The molecule has 3 atom stereocenters. The maximum Gasteiger partial charge on any atom is 0.336 e. The zero-order valence-corrected chi connectivity index (χ0v) is 7.52. The molecule has 0 aliphatic carbocycles. The fourth-order valence-corrected chi connectivity index (χ4v) is 1.38. The van der Waals surface area contributed by atoms with Gasteiger partial charge in [-0.2, -0.15) is 0 Å². The van der Waals surface area contributed by atoms with Crippen molar-refractivity contribution in [2.24, 2.45) is 0 Å². The van der Waals surface area contributed by atoms with Crippen LogP contribution in [0.2, 0.25) is 0 Å². The molecule has 1 aliphatic heterocycles. The van der Waals surface area contributed by atoms with Gasteiger partial charge < -0.3 is 14.6 Å². The van der Waals surface area contributed by atoms with E-state index in [-0.39, 0.29) is 6.10 Å². The van der Waals surface area contributed by atoms with Crippen LogP contribution in [-0.4, -0.2) is 35.4 Å². The molecule has 1 heterocycles. The van der Waals surface area contributed by atoms with Gasteiger partial charge in [0.05, 0.1) is 6.10 Å². The van der Waals surface area contributed by atoms with Gasteiger partial charge in [-0.25, -0.2) is 4.79 Å². The van der Waals surface area contributed by atoms with Crippen LogP contribution in [0.15, 0.2) is 0 Å². The first-order valence-electron chi connectivity index (χ1n) is 4.06. The Balaban J connectivity index is 2.60. The quantitative estimate of drug-likeness (QED) is 0.626. The van der Waals surface area contributed by atoms with Crippen LogP contribution < -0.4 is 0 Å². The minimum atomic E-state index is -1.09. The van der Waals surface area contributed by atoms with Crippen LogP contribution in [0, 0.1) is 0 Å². The van der Waals surface area contributed by atoms with Crippen LogP contribution >= 0.6 is 0 Å². The van der Waals surface area contributed by atoms with E-state index in [1.807, 2.05) is 0 Å². The minimum absolute atomic E-state index is 0.176. The summed E-state index contributed by atoms with van der Waals surface area (Å²) in [5, 5.41) is 8.70. The highest BCUT2D eigenvalue weighted by Gasteiger charge is 2.40. The van der Waals surface area contributed by atoms with E-state index in [2.05, 4.69) is 0 Å². The minimum Gasteiger partial charge on any atom is -0.479 e. The van der Waals surface area contributed by atoms with E-state index in [0.717, 1.165) is 0 Å². The predicted molar refractivity (Wildman–Crippen MR) is 42.1 cm³/mol. The van der Waals surface area contributed by atoms with E-state index >= 15 is 0 Å². The Kier molecular flexibility index (Phi) is 2.87. The van der Waals surface area contributed by atoms with Crippen LogP contribution in [0.1, 0.15) is 20.3 Å². The average molecular weight is 188 g/mol. The Morgan fingerprint density at radius 2 is 2.15 bits per heavy atom. The Labute approximate surface area is 75.6 Å². The molecule has 0 saturated carbocycles. The fourth-order valence-electron chi connectivity index (χ4n) is 1.38. The van der Waals surface area contributed by atoms with Crippen molar-refractivity contribution < 1.29 is 24.2 Å². The largest absolute Gasteiger partial charge is 0.479 e. The van der Waals surface area contributed by atoms with E-state index in [9.17, 15) is 9.59 Å². The highest BCUT2D eigenvalue weighted by atomic mass is 16.6. The molecule has 0 radical (unpaired) electrons. The van der Waals surface area contributed by atoms with Gasteiger partial charge in [-0.05, 0) is 6.92 Å². The molecule has 1 aliphatic rings. The number of carbonyl (C=O) groups is 2. The molecule has 0 aromatic carbocycles. The zero-order chi connectivity index (χ0) is 10.0. The number of aliphatic carboxylic acids is 1. The van der Waals surface area contributed by atoms with E-state index in [4.69, 9.17) is 14.6 Å². The van der Waals surface area contributed by atoms with Crippen molar-refractivity contribution >= 4 is 11.9 Å². The Morgan fingerprint density at radius 1 is 1.54 bits per heavy atom. The molecule has 1 fully saturated rings. The number of carboxylic acids is 1. The van der Waals surface area contributed by atoms with Crippen LogP contribution in [0.4, 0.5) is 0 Å². The lowest BCUT2D eigenvalue weighted by molar-refractivity contribution is -0.160. The first-order valence-corrected chi connectivity index (χ1v) is 4.06. The highest BCUT2D eigenvalue weighted by molar-refractivity contribution is 5.74.